The molecule has 0 spiro atoms. The van der Waals surface area contributed by atoms with Crippen molar-refractivity contribution in [2.45, 2.75) is 25.4 Å². The number of nitrogens with zero attached hydrogens (tertiary/aromatic N) is 3. The van der Waals surface area contributed by atoms with E-state index in [4.69, 9.17) is 9.47 Å². The number of imide groups is 1. The molecule has 5 rings (SSSR count). The van der Waals surface area contributed by atoms with E-state index in [1.165, 1.54) is 10.5 Å². The molecule has 0 saturated carbocycles. The Labute approximate surface area is 210 Å². The molecule has 2 aromatic carbocycles. The van der Waals surface area contributed by atoms with E-state index < -0.39 is 12.1 Å². The van der Waals surface area contributed by atoms with Crippen molar-refractivity contribution in [3.63, 3.8) is 0 Å². The van der Waals surface area contributed by atoms with Crippen LogP contribution in [0.1, 0.15) is 24.0 Å². The van der Waals surface area contributed by atoms with Gasteiger partial charge in [-0.05, 0) is 29.7 Å². The van der Waals surface area contributed by atoms with E-state index in [9.17, 15) is 14.4 Å². The second kappa shape index (κ2) is 10.8. The van der Waals surface area contributed by atoms with Crippen molar-refractivity contribution >= 4 is 23.9 Å². The summed E-state index contributed by atoms with van der Waals surface area (Å²) in [6.45, 7) is 4.11. The van der Waals surface area contributed by atoms with Crippen molar-refractivity contribution in [2.24, 2.45) is 0 Å². The first-order valence-corrected chi connectivity index (χ1v) is 12.3. The van der Waals surface area contributed by atoms with Crippen molar-refractivity contribution in [3.8, 4) is 11.5 Å². The van der Waals surface area contributed by atoms with Gasteiger partial charge in [0.15, 0.2) is 11.5 Å². The summed E-state index contributed by atoms with van der Waals surface area (Å²) in [5, 5.41) is 2.72. The van der Waals surface area contributed by atoms with Crippen LogP contribution >= 0.6 is 0 Å². The summed E-state index contributed by atoms with van der Waals surface area (Å²) in [7, 11) is 0. The lowest BCUT2D eigenvalue weighted by atomic mass is 10.1. The molecular weight excluding hydrogens is 460 g/mol. The Kier molecular flexibility index (Phi) is 7.18. The molecule has 188 valence electrons. The molecule has 0 aliphatic carbocycles. The van der Waals surface area contributed by atoms with E-state index in [1.807, 2.05) is 29.2 Å². The minimum atomic E-state index is -0.681. The van der Waals surface area contributed by atoms with Crippen molar-refractivity contribution in [2.75, 3.05) is 39.5 Å². The van der Waals surface area contributed by atoms with Crippen LogP contribution in [-0.2, 0) is 16.1 Å². The number of benzene rings is 2. The Morgan fingerprint density at radius 2 is 1.78 bits per heavy atom. The molecule has 0 unspecified atom stereocenters. The quantitative estimate of drug-likeness (QED) is 0.572. The second-order valence-electron chi connectivity index (χ2n) is 9.15. The highest BCUT2D eigenvalue weighted by Crippen LogP contribution is 2.33. The van der Waals surface area contributed by atoms with Crippen LogP contribution in [-0.4, -0.2) is 78.1 Å². The fourth-order valence-corrected chi connectivity index (χ4v) is 4.65. The molecule has 4 amide bonds. The first kappa shape index (κ1) is 23.9. The normalized spacial score (nSPS) is 19.8. The molecular formula is C27H30N4O5. The van der Waals surface area contributed by atoms with Crippen molar-refractivity contribution in [1.82, 2.24) is 20.0 Å². The van der Waals surface area contributed by atoms with Gasteiger partial charge in [0, 0.05) is 39.1 Å². The molecule has 9 heteroatoms. The van der Waals surface area contributed by atoms with E-state index in [-0.39, 0.29) is 31.6 Å². The van der Waals surface area contributed by atoms with Crippen LogP contribution in [0.3, 0.4) is 0 Å². The summed E-state index contributed by atoms with van der Waals surface area (Å²) in [5.41, 5.74) is 1.95. The SMILES string of the molecule is O=C(CC[C@@H]1NC(=O)N(Cc2ccc3c(c2)OCO3)C1=O)N1CCN(C/C=C/c2ccccc2)CC1. The van der Waals surface area contributed by atoms with Crippen molar-refractivity contribution in [1.29, 1.82) is 0 Å². The average molecular weight is 491 g/mol. The monoisotopic (exact) mass is 490 g/mol. The summed E-state index contributed by atoms with van der Waals surface area (Å²) in [6, 6.07) is 14.4. The number of rotatable bonds is 8. The lowest BCUT2D eigenvalue weighted by Crippen LogP contribution is -2.48. The third-order valence-corrected chi connectivity index (χ3v) is 6.73. The molecule has 0 aromatic heterocycles. The molecule has 36 heavy (non-hydrogen) atoms. The van der Waals surface area contributed by atoms with E-state index in [0.717, 1.165) is 25.2 Å². The Bertz CT molecular complexity index is 1140. The predicted molar refractivity (Wildman–Crippen MR) is 133 cm³/mol. The molecule has 3 heterocycles. The minimum Gasteiger partial charge on any atom is -0.454 e. The molecule has 0 bridgehead atoms. The zero-order chi connectivity index (χ0) is 24.9. The molecule has 2 fully saturated rings. The maximum Gasteiger partial charge on any atom is 0.325 e. The number of fused-ring (bicyclic) bond motifs is 1. The highest BCUT2D eigenvalue weighted by Gasteiger charge is 2.38. The predicted octanol–water partition coefficient (Wildman–Crippen LogP) is 2.47. The van der Waals surface area contributed by atoms with Gasteiger partial charge < -0.3 is 19.7 Å². The zero-order valence-corrected chi connectivity index (χ0v) is 20.1. The average Bonchev–Trinajstić information content (AvgIpc) is 3.48. The van der Waals surface area contributed by atoms with Crippen LogP contribution in [0.4, 0.5) is 4.79 Å². The molecule has 1 N–H and O–H groups in total. The highest BCUT2D eigenvalue weighted by atomic mass is 16.7. The summed E-state index contributed by atoms with van der Waals surface area (Å²) in [5.74, 6) is 0.970. The molecule has 1 atom stereocenters. The Morgan fingerprint density at radius 1 is 1.00 bits per heavy atom. The zero-order valence-electron chi connectivity index (χ0n) is 20.1. The van der Waals surface area contributed by atoms with Gasteiger partial charge in [0.1, 0.15) is 6.04 Å². The number of nitrogens with one attached hydrogen (secondary N) is 1. The molecule has 2 aromatic rings. The van der Waals surface area contributed by atoms with Gasteiger partial charge in [-0.2, -0.15) is 0 Å². The number of urea groups is 1. The van der Waals surface area contributed by atoms with Gasteiger partial charge >= 0.3 is 6.03 Å². The van der Waals surface area contributed by atoms with E-state index >= 15 is 0 Å². The number of ether oxygens (including phenoxy) is 2. The molecule has 0 radical (unpaired) electrons. The van der Waals surface area contributed by atoms with Gasteiger partial charge in [-0.3, -0.25) is 19.4 Å². The molecule has 9 nitrogen and oxygen atoms in total. The maximum atomic E-state index is 12.8. The highest BCUT2D eigenvalue weighted by molar-refractivity contribution is 6.04. The third kappa shape index (κ3) is 5.52. The smallest absolute Gasteiger partial charge is 0.325 e. The molecule has 3 aliphatic heterocycles. The van der Waals surface area contributed by atoms with Crippen LogP contribution in [0.5, 0.6) is 11.5 Å². The lowest BCUT2D eigenvalue weighted by molar-refractivity contribution is -0.133. The van der Waals surface area contributed by atoms with Gasteiger partial charge in [0.2, 0.25) is 12.7 Å². The number of piperazine rings is 1. The van der Waals surface area contributed by atoms with Gasteiger partial charge in [0.25, 0.3) is 5.91 Å². The standard InChI is InChI=1S/C27H30N4O5/c32-25(30-15-13-29(14-16-30)12-4-7-20-5-2-1-3-6-20)11-9-22-26(33)31(27(34)28-22)18-21-8-10-23-24(17-21)36-19-35-23/h1-8,10,17,22H,9,11-16,18-19H2,(H,28,34)/b7-4+/t22-/m0/s1. The summed E-state index contributed by atoms with van der Waals surface area (Å²) in [6.07, 6.45) is 4.78. The summed E-state index contributed by atoms with van der Waals surface area (Å²) >= 11 is 0. The minimum absolute atomic E-state index is 0.0192. The Morgan fingerprint density at radius 3 is 2.58 bits per heavy atom. The van der Waals surface area contributed by atoms with Crippen LogP contribution in [0.15, 0.2) is 54.6 Å². The second-order valence-corrected chi connectivity index (χ2v) is 9.15. The van der Waals surface area contributed by atoms with Gasteiger partial charge in [-0.1, -0.05) is 48.6 Å². The summed E-state index contributed by atoms with van der Waals surface area (Å²) < 4.78 is 10.7. The van der Waals surface area contributed by atoms with Crippen molar-refractivity contribution in [3.05, 3.63) is 65.7 Å². The Hall–Kier alpha value is -3.85. The number of hydrogen-bond donors (Lipinski definition) is 1. The number of amides is 4. The maximum absolute atomic E-state index is 12.8. The Balaban J connectivity index is 1.05. The van der Waals surface area contributed by atoms with Crippen LogP contribution < -0.4 is 14.8 Å². The van der Waals surface area contributed by atoms with Crippen molar-refractivity contribution < 1.29 is 23.9 Å². The number of carbonyl (C=O) groups is 3. The van der Waals surface area contributed by atoms with E-state index in [1.54, 1.807) is 12.1 Å². The van der Waals surface area contributed by atoms with Gasteiger partial charge in [-0.25, -0.2) is 4.79 Å². The summed E-state index contributed by atoms with van der Waals surface area (Å²) in [4.78, 5) is 43.4. The van der Waals surface area contributed by atoms with E-state index in [0.29, 0.717) is 31.0 Å². The van der Waals surface area contributed by atoms with Crippen LogP contribution in [0.25, 0.3) is 6.08 Å². The number of hydrogen-bond acceptors (Lipinski definition) is 6. The van der Waals surface area contributed by atoms with Gasteiger partial charge in [-0.15, -0.1) is 0 Å². The molecule has 2 saturated heterocycles. The first-order valence-electron chi connectivity index (χ1n) is 12.3. The fraction of sp³-hybridized carbons (Fsp3) is 0.370. The third-order valence-electron chi connectivity index (χ3n) is 6.73. The largest absolute Gasteiger partial charge is 0.454 e. The van der Waals surface area contributed by atoms with Crippen LogP contribution in [0, 0.1) is 0 Å². The van der Waals surface area contributed by atoms with Gasteiger partial charge in [0.05, 0.1) is 6.54 Å². The topological polar surface area (TPSA) is 91.4 Å². The molecule has 3 aliphatic rings. The van der Waals surface area contributed by atoms with Crippen LogP contribution in [0.2, 0.25) is 0 Å². The lowest BCUT2D eigenvalue weighted by Gasteiger charge is -2.34. The fourth-order valence-electron chi connectivity index (χ4n) is 4.65. The van der Waals surface area contributed by atoms with E-state index in [2.05, 4.69) is 34.5 Å². The number of carbonyl (C=O) groups excluding carboxylic acids is 3. The first-order chi connectivity index (χ1) is 17.6.